The number of rotatable bonds is 3. The Morgan fingerprint density at radius 3 is 2.76 bits per heavy atom. The first-order valence-electron chi connectivity index (χ1n) is 7.77. The largest absolute Gasteiger partial charge is 0.367 e. The lowest BCUT2D eigenvalue weighted by molar-refractivity contribution is -0.123. The van der Waals surface area contributed by atoms with E-state index >= 15 is 0 Å². The highest BCUT2D eigenvalue weighted by Crippen LogP contribution is 2.40. The molecule has 0 bridgehead atoms. The van der Waals surface area contributed by atoms with Crippen molar-refractivity contribution in [2.75, 3.05) is 11.9 Å². The molecule has 5 nitrogen and oxygen atoms in total. The van der Waals surface area contributed by atoms with Gasteiger partial charge in [0, 0.05) is 18.5 Å². The van der Waals surface area contributed by atoms with E-state index in [2.05, 4.69) is 36.4 Å². The zero-order valence-electron chi connectivity index (χ0n) is 13.2. The summed E-state index contributed by atoms with van der Waals surface area (Å²) >= 11 is 0. The highest BCUT2D eigenvalue weighted by molar-refractivity contribution is 5.87. The van der Waals surface area contributed by atoms with E-state index in [1.165, 1.54) is 12.8 Å². The van der Waals surface area contributed by atoms with Crippen LogP contribution in [0.4, 0.5) is 5.82 Å². The Balaban J connectivity index is 1.76. The van der Waals surface area contributed by atoms with Crippen molar-refractivity contribution in [3.8, 4) is 0 Å². The predicted octanol–water partition coefficient (Wildman–Crippen LogP) is 2.41. The van der Waals surface area contributed by atoms with Gasteiger partial charge in [0.25, 0.3) is 0 Å². The zero-order valence-corrected chi connectivity index (χ0v) is 13.2. The van der Waals surface area contributed by atoms with Crippen molar-refractivity contribution in [1.29, 1.82) is 0 Å². The van der Waals surface area contributed by atoms with Crippen LogP contribution in [0.3, 0.4) is 0 Å². The first kappa shape index (κ1) is 14.3. The Labute approximate surface area is 125 Å². The summed E-state index contributed by atoms with van der Waals surface area (Å²) in [5.41, 5.74) is 1.91. The van der Waals surface area contributed by atoms with Gasteiger partial charge in [-0.15, -0.1) is 0 Å². The Hall–Kier alpha value is -1.65. The number of hydrogen-bond acceptors (Lipinski definition) is 4. The van der Waals surface area contributed by atoms with E-state index in [1.54, 1.807) is 0 Å². The summed E-state index contributed by atoms with van der Waals surface area (Å²) in [5, 5.41) is 6.32. The molecule has 1 amide bonds. The lowest BCUT2D eigenvalue weighted by Crippen LogP contribution is -2.44. The van der Waals surface area contributed by atoms with Crippen LogP contribution in [0.25, 0.3) is 0 Å². The second kappa shape index (κ2) is 4.97. The molecule has 114 valence electrons. The number of amides is 1. The quantitative estimate of drug-likeness (QED) is 0.896. The first-order valence-corrected chi connectivity index (χ1v) is 7.77. The van der Waals surface area contributed by atoms with Gasteiger partial charge in [-0.3, -0.25) is 9.78 Å². The molecule has 1 aliphatic heterocycles. The lowest BCUT2D eigenvalue weighted by atomic mass is 9.87. The van der Waals surface area contributed by atoms with Crippen molar-refractivity contribution < 1.29 is 4.79 Å². The lowest BCUT2D eigenvalue weighted by Gasteiger charge is -2.29. The van der Waals surface area contributed by atoms with Crippen molar-refractivity contribution in [3.63, 3.8) is 0 Å². The van der Waals surface area contributed by atoms with E-state index in [9.17, 15) is 4.79 Å². The molecule has 2 heterocycles. The van der Waals surface area contributed by atoms with Crippen molar-refractivity contribution in [1.82, 2.24) is 15.3 Å². The fraction of sp³-hybridized carbons (Fsp3) is 0.688. The molecule has 1 aromatic heterocycles. The molecule has 3 rings (SSSR count). The highest BCUT2D eigenvalue weighted by atomic mass is 16.2. The fourth-order valence-corrected chi connectivity index (χ4v) is 2.42. The van der Waals surface area contributed by atoms with E-state index in [1.807, 2.05) is 13.1 Å². The van der Waals surface area contributed by atoms with E-state index in [-0.39, 0.29) is 23.3 Å². The fourth-order valence-electron chi connectivity index (χ4n) is 2.42. The predicted molar refractivity (Wildman–Crippen MR) is 82.3 cm³/mol. The van der Waals surface area contributed by atoms with Crippen molar-refractivity contribution >= 4 is 11.7 Å². The summed E-state index contributed by atoms with van der Waals surface area (Å²) in [4.78, 5) is 21.7. The van der Waals surface area contributed by atoms with Gasteiger partial charge in [-0.1, -0.05) is 20.8 Å². The topological polar surface area (TPSA) is 66.9 Å². The van der Waals surface area contributed by atoms with Crippen LogP contribution < -0.4 is 10.6 Å². The van der Waals surface area contributed by atoms with Gasteiger partial charge in [-0.2, -0.15) is 0 Å². The van der Waals surface area contributed by atoms with Crippen LogP contribution in [0.2, 0.25) is 0 Å². The molecular weight excluding hydrogens is 264 g/mol. The Morgan fingerprint density at radius 1 is 1.43 bits per heavy atom. The minimum Gasteiger partial charge on any atom is -0.367 e. The van der Waals surface area contributed by atoms with Crippen LogP contribution in [0.1, 0.15) is 63.8 Å². The minimum atomic E-state index is -0.226. The molecule has 1 aromatic rings. The molecule has 0 radical (unpaired) electrons. The summed E-state index contributed by atoms with van der Waals surface area (Å²) < 4.78 is 0. The molecular formula is C16H24N4O. The van der Waals surface area contributed by atoms with E-state index < -0.39 is 0 Å². The molecule has 2 aliphatic rings. The molecule has 2 N–H and O–H groups in total. The maximum Gasteiger partial charge on any atom is 0.231 e. The second-order valence-electron chi connectivity index (χ2n) is 7.33. The summed E-state index contributed by atoms with van der Waals surface area (Å²) in [6, 6.07) is 0.119. The van der Waals surface area contributed by atoms with Gasteiger partial charge in [0.05, 0.1) is 17.6 Å². The third-order valence-corrected chi connectivity index (χ3v) is 4.59. The smallest absolute Gasteiger partial charge is 0.231 e. The third kappa shape index (κ3) is 2.87. The number of anilines is 1. The molecule has 0 saturated heterocycles. The number of fused-ring (bicyclic) bond motifs is 1. The average molecular weight is 288 g/mol. The number of hydrogen-bond donors (Lipinski definition) is 2. The number of carbonyl (C=O) groups excluding carboxylic acids is 1. The number of aromatic nitrogens is 2. The van der Waals surface area contributed by atoms with Crippen LogP contribution in [0, 0.1) is 5.41 Å². The Kier molecular flexibility index (Phi) is 3.38. The standard InChI is InChI=1S/C16H24N4O/c1-9(16(2,3)4)19-15(21)11-7-17-14-13(11)20-12(8-18-14)10-5-6-10/h8-11H,5-7H2,1-4H3,(H,17,18)(H,19,21)/t9-,11?/m1/s1. The average Bonchev–Trinajstić information content (AvgIpc) is 3.16. The summed E-state index contributed by atoms with van der Waals surface area (Å²) in [5.74, 6) is 1.14. The first-order chi connectivity index (χ1) is 9.86. The molecule has 5 heteroatoms. The van der Waals surface area contributed by atoms with Crippen molar-refractivity contribution in [2.24, 2.45) is 5.41 Å². The van der Waals surface area contributed by atoms with Gasteiger partial charge >= 0.3 is 0 Å². The normalized spacial score (nSPS) is 22.4. The molecule has 1 aliphatic carbocycles. The Bertz CT molecular complexity index is 560. The minimum absolute atomic E-state index is 0.0471. The van der Waals surface area contributed by atoms with Crippen molar-refractivity contribution in [2.45, 2.75) is 58.4 Å². The maximum absolute atomic E-state index is 12.5. The molecule has 1 saturated carbocycles. The maximum atomic E-state index is 12.5. The van der Waals surface area contributed by atoms with Crippen LogP contribution in [0.5, 0.6) is 0 Å². The zero-order chi connectivity index (χ0) is 15.2. The highest BCUT2D eigenvalue weighted by Gasteiger charge is 2.35. The monoisotopic (exact) mass is 288 g/mol. The summed E-state index contributed by atoms with van der Waals surface area (Å²) in [6.07, 6.45) is 4.24. The molecule has 1 unspecified atom stereocenters. The van der Waals surface area contributed by atoms with E-state index in [0.717, 1.165) is 17.2 Å². The molecule has 2 atom stereocenters. The molecule has 0 spiro atoms. The number of nitrogens with one attached hydrogen (secondary N) is 2. The van der Waals surface area contributed by atoms with Crippen LogP contribution in [-0.2, 0) is 4.79 Å². The van der Waals surface area contributed by atoms with Gasteiger partial charge in [0.2, 0.25) is 5.91 Å². The number of carbonyl (C=O) groups is 1. The van der Waals surface area contributed by atoms with Gasteiger partial charge in [0.1, 0.15) is 11.7 Å². The number of nitrogens with zero attached hydrogens (tertiary/aromatic N) is 2. The molecule has 1 fully saturated rings. The van der Waals surface area contributed by atoms with Crippen molar-refractivity contribution in [3.05, 3.63) is 17.6 Å². The van der Waals surface area contributed by atoms with E-state index in [0.29, 0.717) is 12.5 Å². The molecule has 21 heavy (non-hydrogen) atoms. The Morgan fingerprint density at radius 2 is 2.14 bits per heavy atom. The van der Waals surface area contributed by atoms with Gasteiger partial charge in [-0.25, -0.2) is 4.98 Å². The van der Waals surface area contributed by atoms with Gasteiger partial charge in [0.15, 0.2) is 0 Å². The second-order valence-corrected chi connectivity index (χ2v) is 7.33. The van der Waals surface area contributed by atoms with Crippen LogP contribution in [0.15, 0.2) is 6.20 Å². The van der Waals surface area contributed by atoms with Crippen LogP contribution >= 0.6 is 0 Å². The van der Waals surface area contributed by atoms with Gasteiger partial charge in [-0.05, 0) is 25.2 Å². The van der Waals surface area contributed by atoms with Gasteiger partial charge < -0.3 is 10.6 Å². The molecule has 0 aromatic carbocycles. The van der Waals surface area contributed by atoms with E-state index in [4.69, 9.17) is 4.98 Å². The summed E-state index contributed by atoms with van der Waals surface area (Å²) in [7, 11) is 0. The third-order valence-electron chi connectivity index (χ3n) is 4.59. The summed E-state index contributed by atoms with van der Waals surface area (Å²) in [6.45, 7) is 9.02. The van der Waals surface area contributed by atoms with Crippen LogP contribution in [-0.4, -0.2) is 28.5 Å². The SMILES string of the molecule is C[C@@H](NC(=O)C1CNc2ncc(C3CC3)nc21)C(C)(C)C.